The normalized spacial score (nSPS) is 28.5. The van der Waals surface area contributed by atoms with Crippen LogP contribution < -0.4 is 4.90 Å². The number of fused-ring (bicyclic) bond motifs is 1. The molecule has 32 heavy (non-hydrogen) atoms. The van der Waals surface area contributed by atoms with Crippen molar-refractivity contribution in [2.24, 2.45) is 0 Å². The highest BCUT2D eigenvalue weighted by Crippen LogP contribution is 2.40. The monoisotopic (exact) mass is 490 g/mol. The molecule has 2 aromatic heterocycles. The van der Waals surface area contributed by atoms with Gasteiger partial charge in [-0.2, -0.15) is 5.26 Å². The van der Waals surface area contributed by atoms with E-state index in [9.17, 15) is 24.4 Å². The molecule has 4 rings (SSSR count). The van der Waals surface area contributed by atoms with E-state index in [1.54, 1.807) is 17.2 Å². The predicted molar refractivity (Wildman–Crippen MR) is 110 cm³/mol. The summed E-state index contributed by atoms with van der Waals surface area (Å²) in [4.78, 5) is 23.8. The second-order valence-corrected chi connectivity index (χ2v) is 9.69. The summed E-state index contributed by atoms with van der Waals surface area (Å²) in [6.45, 7) is 0.148. The Bertz CT molecular complexity index is 1110. The Morgan fingerprint density at radius 1 is 1.41 bits per heavy atom. The molecule has 4 N–H and O–H groups in total. The molecule has 5 atom stereocenters. The lowest BCUT2D eigenvalue weighted by Gasteiger charge is -2.22. The molecule has 174 valence electrons. The van der Waals surface area contributed by atoms with Gasteiger partial charge in [0.05, 0.1) is 12.3 Å². The van der Waals surface area contributed by atoms with Crippen LogP contribution >= 0.6 is 19.2 Å². The average Bonchev–Trinajstić information content (AvgIpc) is 3.40. The molecule has 14 heteroatoms. The maximum atomic E-state index is 13.8. The topological polar surface area (TPSA) is 161 Å². The minimum Gasteiger partial charge on any atom is -0.387 e. The van der Waals surface area contributed by atoms with Crippen molar-refractivity contribution >= 4 is 35.9 Å². The molecule has 0 amide bonds. The van der Waals surface area contributed by atoms with E-state index < -0.39 is 44.7 Å². The van der Waals surface area contributed by atoms with Crippen LogP contribution in [0.1, 0.15) is 18.2 Å². The van der Waals surface area contributed by atoms with Gasteiger partial charge in [-0.25, -0.2) is 9.37 Å². The quantitative estimate of drug-likeness (QED) is 0.338. The van der Waals surface area contributed by atoms with Crippen molar-refractivity contribution in [3.63, 3.8) is 0 Å². The van der Waals surface area contributed by atoms with Gasteiger partial charge in [0, 0.05) is 24.7 Å². The highest BCUT2D eigenvalue weighted by molar-refractivity contribution is 7.51. The van der Waals surface area contributed by atoms with Gasteiger partial charge in [0.25, 0.3) is 0 Å². The van der Waals surface area contributed by atoms with E-state index >= 15 is 0 Å². The van der Waals surface area contributed by atoms with Crippen molar-refractivity contribution in [3.8, 4) is 6.07 Å². The summed E-state index contributed by atoms with van der Waals surface area (Å²) < 4.78 is 36.8. The highest BCUT2D eigenvalue weighted by atomic mass is 35.5. The van der Waals surface area contributed by atoms with E-state index in [4.69, 9.17) is 30.9 Å². The van der Waals surface area contributed by atoms with Crippen molar-refractivity contribution in [2.75, 3.05) is 30.9 Å². The molecule has 0 aromatic carbocycles. The van der Waals surface area contributed by atoms with Crippen molar-refractivity contribution in [1.82, 2.24) is 9.55 Å². The Labute approximate surface area is 186 Å². The van der Waals surface area contributed by atoms with Gasteiger partial charge < -0.3 is 38.9 Å². The number of nitrogens with zero attached hydrogens (tertiary/aromatic N) is 4. The summed E-state index contributed by atoms with van der Waals surface area (Å²) in [5.41, 5.74) is 0.818. The molecule has 0 radical (unpaired) electrons. The lowest BCUT2D eigenvalue weighted by atomic mass is 10.1. The maximum Gasteiger partial charge on any atom is 0.350 e. The smallest absolute Gasteiger partial charge is 0.350 e. The van der Waals surface area contributed by atoms with Gasteiger partial charge in [-0.3, -0.25) is 4.57 Å². The first-order chi connectivity index (χ1) is 15.1. The zero-order chi connectivity index (χ0) is 23.2. The van der Waals surface area contributed by atoms with E-state index in [1.807, 2.05) is 6.07 Å². The fourth-order valence-electron chi connectivity index (χ4n) is 4.06. The number of ether oxygens (including phenoxy) is 2. The highest BCUT2D eigenvalue weighted by Gasteiger charge is 2.44. The first-order valence-corrected chi connectivity index (χ1v) is 11.9. The van der Waals surface area contributed by atoms with Crippen LogP contribution in [0.5, 0.6) is 0 Å². The van der Waals surface area contributed by atoms with E-state index in [0.717, 1.165) is 0 Å². The number of aromatic nitrogens is 2. The van der Waals surface area contributed by atoms with Gasteiger partial charge in [0.2, 0.25) is 0 Å². The molecule has 0 aliphatic carbocycles. The van der Waals surface area contributed by atoms with Crippen LogP contribution in [0.25, 0.3) is 11.0 Å². The molecule has 2 saturated heterocycles. The summed E-state index contributed by atoms with van der Waals surface area (Å²) in [5.74, 6) is 0. The first-order valence-electron chi connectivity index (χ1n) is 9.73. The molecular weight excluding hydrogens is 470 g/mol. The van der Waals surface area contributed by atoms with Gasteiger partial charge >= 0.3 is 7.60 Å². The number of hydrogen-bond acceptors (Lipinski definition) is 8. The number of rotatable bonds is 6. The summed E-state index contributed by atoms with van der Waals surface area (Å²) in [5, 5.41) is 30.8. The molecular formula is C18H21ClFN4O7P. The molecule has 4 heterocycles. The van der Waals surface area contributed by atoms with Gasteiger partial charge in [-0.1, -0.05) is 11.6 Å². The summed E-state index contributed by atoms with van der Waals surface area (Å²) in [6, 6.07) is 3.66. The lowest BCUT2D eigenvalue weighted by Crippen LogP contribution is -2.33. The van der Waals surface area contributed by atoms with Gasteiger partial charge in [-0.15, -0.1) is 0 Å². The molecule has 2 aliphatic heterocycles. The minimum absolute atomic E-state index is 0.0909. The predicted octanol–water partition coefficient (Wildman–Crippen LogP) is 0.881. The van der Waals surface area contributed by atoms with Crippen molar-refractivity contribution in [1.29, 1.82) is 5.26 Å². The molecule has 0 spiro atoms. The Hall–Kier alpha value is -1.81. The number of hydrogen-bond donors (Lipinski definition) is 4. The van der Waals surface area contributed by atoms with E-state index in [0.29, 0.717) is 24.0 Å². The summed E-state index contributed by atoms with van der Waals surface area (Å²) in [7, 11) is -4.40. The van der Waals surface area contributed by atoms with Crippen LogP contribution in [0.4, 0.5) is 10.1 Å². The molecule has 0 saturated carbocycles. The number of pyridine rings is 1. The zero-order valence-electron chi connectivity index (χ0n) is 16.6. The number of halogens is 2. The molecule has 2 aliphatic rings. The number of nitriles is 1. The van der Waals surface area contributed by atoms with E-state index in [1.165, 1.54) is 4.57 Å². The minimum atomic E-state index is -4.40. The molecule has 2 aromatic rings. The Morgan fingerprint density at radius 2 is 2.16 bits per heavy atom. The van der Waals surface area contributed by atoms with Crippen molar-refractivity contribution < 1.29 is 38.4 Å². The third-order valence-electron chi connectivity index (χ3n) is 5.50. The zero-order valence-corrected chi connectivity index (χ0v) is 18.2. The second kappa shape index (κ2) is 8.85. The Balaban J connectivity index is 1.66. The maximum absolute atomic E-state index is 13.8. The number of alkyl halides is 1. The van der Waals surface area contributed by atoms with Gasteiger partial charge in [0.1, 0.15) is 48.1 Å². The average molecular weight is 491 g/mol. The summed E-state index contributed by atoms with van der Waals surface area (Å²) in [6.07, 6.45) is -4.99. The van der Waals surface area contributed by atoms with Crippen LogP contribution in [-0.4, -0.2) is 80.1 Å². The fraction of sp³-hybridized carbons (Fsp3) is 0.556. The molecule has 11 nitrogen and oxygen atoms in total. The summed E-state index contributed by atoms with van der Waals surface area (Å²) >= 11 is 6.25. The largest absolute Gasteiger partial charge is 0.387 e. The van der Waals surface area contributed by atoms with Crippen molar-refractivity contribution in [2.45, 2.75) is 37.1 Å². The first kappa shape index (κ1) is 23.4. The third-order valence-corrected chi connectivity index (χ3v) is 6.29. The number of aliphatic hydroxyl groups is 2. The van der Waals surface area contributed by atoms with Crippen LogP contribution in [0, 0.1) is 11.3 Å². The standard InChI is InChI=1S/C18H21ClFN4O7P/c19-16-11(5-21)13(23-3-1-9(20)6-23)10-2-4-24(17(10)22-16)18-15(26)14(25)12(31-18)7-30-8-32(27,28)29/h2,4,9,12,14-15,18,25-26H,1,3,6-8H2,(H2,27,28,29)/t9-,12+,14+,15+,18+/m0/s1. The molecule has 0 bridgehead atoms. The SMILES string of the molecule is N#Cc1c(Cl)nc2c(ccn2[C@@H]2O[C@H](COCP(=O)(O)O)[C@@H](O)[C@H]2O)c1N1CC[C@H](F)C1. The van der Waals surface area contributed by atoms with E-state index in [2.05, 4.69) is 4.98 Å². The second-order valence-electron chi connectivity index (χ2n) is 7.74. The molecule has 0 unspecified atom stereocenters. The fourth-order valence-corrected chi connectivity index (χ4v) is 4.62. The Morgan fingerprint density at radius 3 is 2.78 bits per heavy atom. The van der Waals surface area contributed by atoms with E-state index in [-0.39, 0.29) is 29.5 Å². The van der Waals surface area contributed by atoms with Crippen LogP contribution in [0.15, 0.2) is 12.3 Å². The number of anilines is 1. The molecule has 2 fully saturated rings. The number of aliphatic hydroxyl groups excluding tert-OH is 2. The third kappa shape index (κ3) is 4.35. The van der Waals surface area contributed by atoms with Crippen molar-refractivity contribution in [3.05, 3.63) is 23.0 Å². The lowest BCUT2D eigenvalue weighted by molar-refractivity contribution is -0.0610. The van der Waals surface area contributed by atoms with Gasteiger partial charge in [0.15, 0.2) is 11.4 Å². The van der Waals surface area contributed by atoms with Crippen LogP contribution in [0.3, 0.4) is 0 Å². The van der Waals surface area contributed by atoms with Gasteiger partial charge in [-0.05, 0) is 12.5 Å². The van der Waals surface area contributed by atoms with Crippen LogP contribution in [-0.2, 0) is 14.0 Å². The van der Waals surface area contributed by atoms with Crippen LogP contribution in [0.2, 0.25) is 5.15 Å². The Kier molecular flexibility index (Phi) is 6.46.